The molecule has 1 atom stereocenters. The van der Waals surface area contributed by atoms with Gasteiger partial charge in [0.25, 0.3) is 0 Å². The van der Waals surface area contributed by atoms with E-state index in [0.29, 0.717) is 6.54 Å². The molecule has 0 spiro atoms. The van der Waals surface area contributed by atoms with E-state index in [1.807, 2.05) is 20.8 Å². The monoisotopic (exact) mass is 277 g/mol. The summed E-state index contributed by atoms with van der Waals surface area (Å²) in [5.74, 6) is 0.0794. The Morgan fingerprint density at radius 3 is 2.53 bits per heavy atom. The molecule has 17 heavy (non-hydrogen) atoms. The van der Waals surface area contributed by atoms with Crippen molar-refractivity contribution in [1.29, 1.82) is 0 Å². The largest absolute Gasteiger partial charge is 0.308 e. The fraction of sp³-hybridized carbons (Fsp3) is 0.700. The van der Waals surface area contributed by atoms with Crippen molar-refractivity contribution in [3.05, 3.63) is 15.6 Å². The van der Waals surface area contributed by atoms with Gasteiger partial charge in [0.15, 0.2) is 0 Å². The lowest BCUT2D eigenvalue weighted by Crippen LogP contribution is -2.31. The van der Waals surface area contributed by atoms with Crippen molar-refractivity contribution in [2.45, 2.75) is 26.8 Å². The van der Waals surface area contributed by atoms with E-state index in [-0.39, 0.29) is 11.8 Å². The van der Waals surface area contributed by atoms with Crippen LogP contribution in [-0.4, -0.2) is 32.7 Å². The van der Waals surface area contributed by atoms with Crippen LogP contribution in [0.5, 0.6) is 0 Å². The van der Waals surface area contributed by atoms with Gasteiger partial charge in [-0.3, -0.25) is 0 Å². The summed E-state index contributed by atoms with van der Waals surface area (Å²) in [6.45, 7) is 6.41. The van der Waals surface area contributed by atoms with Crippen LogP contribution in [0.25, 0.3) is 0 Å². The van der Waals surface area contributed by atoms with Crippen LogP contribution in [0.15, 0.2) is 0 Å². The SMILES string of the molecule is CNS(=O)(=O)CCNC(C)c1nc(C)sc1C. The molecule has 1 heterocycles. The minimum Gasteiger partial charge on any atom is -0.308 e. The van der Waals surface area contributed by atoms with Crippen LogP contribution in [0.1, 0.15) is 28.5 Å². The highest BCUT2D eigenvalue weighted by molar-refractivity contribution is 7.89. The molecular formula is C10H19N3O2S2. The van der Waals surface area contributed by atoms with E-state index in [9.17, 15) is 8.42 Å². The summed E-state index contributed by atoms with van der Waals surface area (Å²) in [4.78, 5) is 5.62. The first kappa shape index (κ1) is 14.6. The number of hydrogen-bond donors (Lipinski definition) is 2. The number of nitrogens with zero attached hydrogens (tertiary/aromatic N) is 1. The Morgan fingerprint density at radius 2 is 2.06 bits per heavy atom. The Bertz CT molecular complexity index is 468. The van der Waals surface area contributed by atoms with E-state index >= 15 is 0 Å². The zero-order chi connectivity index (χ0) is 13.1. The fourth-order valence-corrected chi connectivity index (χ4v) is 3.06. The van der Waals surface area contributed by atoms with E-state index in [4.69, 9.17) is 0 Å². The predicted octanol–water partition coefficient (Wildman–Crippen LogP) is 0.960. The highest BCUT2D eigenvalue weighted by Crippen LogP contribution is 2.22. The lowest BCUT2D eigenvalue weighted by atomic mass is 10.2. The molecule has 0 saturated heterocycles. The van der Waals surface area contributed by atoms with Crippen molar-refractivity contribution < 1.29 is 8.42 Å². The van der Waals surface area contributed by atoms with Gasteiger partial charge < -0.3 is 5.32 Å². The predicted molar refractivity (Wildman–Crippen MR) is 70.9 cm³/mol. The molecule has 0 bridgehead atoms. The number of rotatable bonds is 6. The van der Waals surface area contributed by atoms with Gasteiger partial charge in [0.2, 0.25) is 10.0 Å². The third-order valence-corrected chi connectivity index (χ3v) is 4.75. The number of nitrogens with one attached hydrogen (secondary N) is 2. The average molecular weight is 277 g/mol. The maximum atomic E-state index is 11.2. The summed E-state index contributed by atoms with van der Waals surface area (Å²) < 4.78 is 24.7. The molecule has 0 saturated carbocycles. The Balaban J connectivity index is 2.51. The molecule has 7 heteroatoms. The molecule has 1 rings (SSSR count). The van der Waals surface area contributed by atoms with Crippen molar-refractivity contribution in [1.82, 2.24) is 15.0 Å². The van der Waals surface area contributed by atoms with Gasteiger partial charge >= 0.3 is 0 Å². The molecule has 0 fully saturated rings. The van der Waals surface area contributed by atoms with Crippen LogP contribution < -0.4 is 10.0 Å². The molecule has 0 aliphatic carbocycles. The van der Waals surface area contributed by atoms with E-state index in [0.717, 1.165) is 10.7 Å². The Kier molecular flexibility index (Phi) is 5.05. The van der Waals surface area contributed by atoms with Gasteiger partial charge in [-0.1, -0.05) is 0 Å². The highest BCUT2D eigenvalue weighted by Gasteiger charge is 2.13. The van der Waals surface area contributed by atoms with Gasteiger partial charge in [-0.15, -0.1) is 11.3 Å². The van der Waals surface area contributed by atoms with E-state index in [2.05, 4.69) is 15.0 Å². The second-order valence-corrected chi connectivity index (χ2v) is 7.33. The smallest absolute Gasteiger partial charge is 0.212 e. The first-order valence-electron chi connectivity index (χ1n) is 5.44. The van der Waals surface area contributed by atoms with Gasteiger partial charge in [-0.2, -0.15) is 0 Å². The van der Waals surface area contributed by atoms with E-state index in [1.165, 1.54) is 11.9 Å². The molecule has 1 unspecified atom stereocenters. The van der Waals surface area contributed by atoms with Gasteiger partial charge in [-0.05, 0) is 27.8 Å². The van der Waals surface area contributed by atoms with Crippen molar-refractivity contribution in [2.24, 2.45) is 0 Å². The third-order valence-electron chi connectivity index (χ3n) is 2.48. The molecule has 0 aliphatic rings. The number of thiazole rings is 1. The Labute approximate surface area is 107 Å². The average Bonchev–Trinajstić information content (AvgIpc) is 2.57. The lowest BCUT2D eigenvalue weighted by Gasteiger charge is -2.12. The van der Waals surface area contributed by atoms with Crippen molar-refractivity contribution in [3.63, 3.8) is 0 Å². The molecule has 1 aromatic rings. The normalized spacial score (nSPS) is 13.9. The molecule has 0 amide bonds. The van der Waals surface area contributed by atoms with Crippen LogP contribution in [0.3, 0.4) is 0 Å². The van der Waals surface area contributed by atoms with Crippen molar-refractivity contribution in [3.8, 4) is 0 Å². The van der Waals surface area contributed by atoms with Crippen LogP contribution >= 0.6 is 11.3 Å². The molecular weight excluding hydrogens is 258 g/mol. The Morgan fingerprint density at radius 1 is 1.41 bits per heavy atom. The molecule has 0 aliphatic heterocycles. The summed E-state index contributed by atoms with van der Waals surface area (Å²) >= 11 is 1.66. The molecule has 0 aromatic carbocycles. The molecule has 5 nitrogen and oxygen atoms in total. The van der Waals surface area contributed by atoms with E-state index < -0.39 is 10.0 Å². The Hall–Kier alpha value is -0.500. The van der Waals surface area contributed by atoms with Crippen molar-refractivity contribution >= 4 is 21.4 Å². The fourth-order valence-electron chi connectivity index (χ4n) is 1.56. The lowest BCUT2D eigenvalue weighted by molar-refractivity contribution is 0.561. The summed E-state index contributed by atoms with van der Waals surface area (Å²) in [7, 11) is -1.71. The van der Waals surface area contributed by atoms with Crippen LogP contribution in [-0.2, 0) is 10.0 Å². The summed E-state index contributed by atoms with van der Waals surface area (Å²) in [6, 6.07) is 0.0759. The first-order chi connectivity index (χ1) is 7.85. The second-order valence-electron chi connectivity index (χ2n) is 3.87. The van der Waals surface area contributed by atoms with Gasteiger partial charge in [-0.25, -0.2) is 18.1 Å². The van der Waals surface area contributed by atoms with Crippen LogP contribution in [0.2, 0.25) is 0 Å². The summed E-state index contributed by atoms with van der Waals surface area (Å²) in [5, 5.41) is 4.20. The first-order valence-corrected chi connectivity index (χ1v) is 7.91. The number of hydrogen-bond acceptors (Lipinski definition) is 5. The molecule has 2 N–H and O–H groups in total. The van der Waals surface area contributed by atoms with Gasteiger partial charge in [0.1, 0.15) is 0 Å². The summed E-state index contributed by atoms with van der Waals surface area (Å²) in [5.41, 5.74) is 1.01. The maximum Gasteiger partial charge on any atom is 0.212 e. The molecule has 0 radical (unpaired) electrons. The van der Waals surface area contributed by atoms with E-state index in [1.54, 1.807) is 11.3 Å². The number of aromatic nitrogens is 1. The minimum absolute atomic E-state index is 0.0759. The number of sulfonamides is 1. The quantitative estimate of drug-likeness (QED) is 0.812. The zero-order valence-corrected chi connectivity index (χ0v) is 12.2. The van der Waals surface area contributed by atoms with Crippen LogP contribution in [0.4, 0.5) is 0 Å². The van der Waals surface area contributed by atoms with Crippen molar-refractivity contribution in [2.75, 3.05) is 19.3 Å². The molecule has 1 aromatic heterocycles. The minimum atomic E-state index is -3.13. The standard InChI is InChI=1S/C10H19N3O2S2/c1-7(10-8(2)16-9(3)13-10)12-5-6-17(14,15)11-4/h7,11-12H,5-6H2,1-4H3. The van der Waals surface area contributed by atoms with Crippen LogP contribution in [0, 0.1) is 13.8 Å². The second kappa shape index (κ2) is 5.90. The van der Waals surface area contributed by atoms with Gasteiger partial charge in [0.05, 0.1) is 16.5 Å². The highest BCUT2D eigenvalue weighted by atomic mass is 32.2. The topological polar surface area (TPSA) is 71.1 Å². The maximum absolute atomic E-state index is 11.2. The zero-order valence-electron chi connectivity index (χ0n) is 10.6. The molecule has 98 valence electrons. The third kappa shape index (κ3) is 4.34. The van der Waals surface area contributed by atoms with Gasteiger partial charge in [0, 0.05) is 17.5 Å². The summed E-state index contributed by atoms with van der Waals surface area (Å²) in [6.07, 6.45) is 0. The number of aryl methyl sites for hydroxylation is 2.